The molecule has 0 atom stereocenters. The van der Waals surface area contributed by atoms with Crippen LogP contribution in [0.3, 0.4) is 0 Å². The number of hydrogen-bond acceptors (Lipinski definition) is 10. The Morgan fingerprint density at radius 1 is 0.545 bits per heavy atom. The molecule has 2 saturated carbocycles. The van der Waals surface area contributed by atoms with Gasteiger partial charge >= 0.3 is 0 Å². The number of hydrogen-bond donors (Lipinski definition) is 1. The zero-order chi connectivity index (χ0) is 39.9. The Kier molecular flexibility index (Phi) is 15.6. The third-order valence-electron chi connectivity index (χ3n) is 13.1. The van der Waals surface area contributed by atoms with Gasteiger partial charge in [0, 0.05) is 53.9 Å². The molecular weight excluding hydrogens is 685 g/mol. The van der Waals surface area contributed by atoms with E-state index in [9.17, 15) is 0 Å². The molecule has 10 nitrogen and oxygen atoms in total. The van der Waals surface area contributed by atoms with Gasteiger partial charge in [-0.2, -0.15) is 25.1 Å². The molecule has 4 aliphatic rings. The molecule has 0 unspecified atom stereocenters. The van der Waals surface area contributed by atoms with Crippen LogP contribution in [0.1, 0.15) is 205 Å². The maximum absolute atomic E-state index is 6.94. The molecule has 1 N–H and O–H groups in total. The molecule has 2 aliphatic carbocycles. The summed E-state index contributed by atoms with van der Waals surface area (Å²) in [6.45, 7) is 28.7. The van der Waals surface area contributed by atoms with Crippen LogP contribution in [0.15, 0.2) is 0 Å². The highest BCUT2D eigenvalue weighted by Crippen LogP contribution is 2.45. The van der Waals surface area contributed by atoms with Gasteiger partial charge in [0.25, 0.3) is 0 Å². The fourth-order valence-electron chi connectivity index (χ4n) is 10.7. The van der Waals surface area contributed by atoms with Crippen molar-refractivity contribution in [2.75, 3.05) is 34.8 Å². The first-order valence-electron chi connectivity index (χ1n) is 23.1. The van der Waals surface area contributed by atoms with Crippen molar-refractivity contribution in [3.63, 3.8) is 0 Å². The largest absolute Gasteiger partial charge is 0.354 e. The van der Waals surface area contributed by atoms with Crippen LogP contribution in [0.4, 0.5) is 17.8 Å². The van der Waals surface area contributed by atoms with Gasteiger partial charge < -0.3 is 15.1 Å². The second kappa shape index (κ2) is 19.3. The van der Waals surface area contributed by atoms with Crippen LogP contribution in [0.2, 0.25) is 0 Å². The Bertz CT molecular complexity index is 1180. The predicted octanol–water partition coefficient (Wildman–Crippen LogP) is 10.9. The van der Waals surface area contributed by atoms with Crippen molar-refractivity contribution in [1.29, 1.82) is 0 Å². The quantitative estimate of drug-likeness (QED) is 0.146. The normalized spacial score (nSPS) is 24.2. The molecule has 1 aromatic heterocycles. The molecule has 0 amide bonds. The van der Waals surface area contributed by atoms with Gasteiger partial charge in [-0.25, -0.2) is 0 Å². The van der Waals surface area contributed by atoms with Gasteiger partial charge in [-0.15, -0.1) is 0 Å². The first-order chi connectivity index (χ1) is 26.1. The van der Waals surface area contributed by atoms with Crippen molar-refractivity contribution >= 4 is 17.8 Å². The number of piperidine rings is 2. The van der Waals surface area contributed by atoms with E-state index in [0.29, 0.717) is 18.2 Å². The Morgan fingerprint density at radius 2 is 0.909 bits per heavy atom. The molecule has 10 heteroatoms. The first-order valence-corrected chi connectivity index (χ1v) is 23.1. The van der Waals surface area contributed by atoms with E-state index in [0.717, 1.165) is 95.7 Å². The highest BCUT2D eigenvalue weighted by atomic mass is 16.7. The van der Waals surface area contributed by atoms with E-state index in [1.165, 1.54) is 64.2 Å². The first kappa shape index (κ1) is 44.4. The molecule has 316 valence electrons. The number of anilines is 3. The second-order valence-corrected chi connectivity index (χ2v) is 20.3. The lowest BCUT2D eigenvalue weighted by Gasteiger charge is -2.57. The number of nitrogens with one attached hydrogen (secondary N) is 1. The molecule has 4 fully saturated rings. The minimum atomic E-state index is -0.135. The maximum Gasteiger partial charge on any atom is 0.232 e. The highest BCUT2D eigenvalue weighted by molar-refractivity contribution is 5.47. The summed E-state index contributed by atoms with van der Waals surface area (Å²) in [7, 11) is 0. The smallest absolute Gasteiger partial charge is 0.232 e. The fraction of sp³-hybridized carbons (Fsp3) is 0.933. The standard InChI is InChI=1S/C45H84N8O2/c1-12-15-28-46-39-47-40(50(29-16-13-2)35-31-42(4,5)52(43(6,7)32-35)54-37-24-20-18-21-25-37)49-41(48-39)51(30-17-14-3)36-33-44(8,9)53(45(10,11)34-36)55-38-26-22-19-23-27-38/h35-38H,12-34H2,1-11H3,(H,46,47,48,49). The molecule has 3 heterocycles. The maximum atomic E-state index is 6.94. The van der Waals surface area contributed by atoms with Crippen molar-refractivity contribution in [1.82, 2.24) is 25.1 Å². The second-order valence-electron chi connectivity index (χ2n) is 20.3. The lowest BCUT2D eigenvalue weighted by atomic mass is 9.78. The summed E-state index contributed by atoms with van der Waals surface area (Å²) >= 11 is 0. The van der Waals surface area contributed by atoms with Gasteiger partial charge in [-0.05, 0) is 126 Å². The third-order valence-corrected chi connectivity index (χ3v) is 13.1. The van der Waals surface area contributed by atoms with Gasteiger partial charge in [0.1, 0.15) is 0 Å². The van der Waals surface area contributed by atoms with Crippen molar-refractivity contribution in [2.24, 2.45) is 0 Å². The Hall–Kier alpha value is -1.75. The predicted molar refractivity (Wildman–Crippen MR) is 230 cm³/mol. The molecule has 2 saturated heterocycles. The van der Waals surface area contributed by atoms with Gasteiger partial charge in [-0.1, -0.05) is 78.6 Å². The van der Waals surface area contributed by atoms with Gasteiger partial charge in [0.15, 0.2) is 0 Å². The lowest BCUT2D eigenvalue weighted by molar-refractivity contribution is -0.310. The van der Waals surface area contributed by atoms with Gasteiger partial charge in [0.05, 0.1) is 12.2 Å². The lowest BCUT2D eigenvalue weighted by Crippen LogP contribution is -2.65. The summed E-state index contributed by atoms with van der Waals surface area (Å²) < 4.78 is 0. The van der Waals surface area contributed by atoms with Crippen LogP contribution in [0.25, 0.3) is 0 Å². The number of unbranched alkanes of at least 4 members (excludes halogenated alkanes) is 3. The monoisotopic (exact) mass is 769 g/mol. The fourth-order valence-corrected chi connectivity index (χ4v) is 10.7. The number of aromatic nitrogens is 3. The van der Waals surface area contributed by atoms with Crippen molar-refractivity contribution in [3.8, 4) is 0 Å². The SMILES string of the molecule is CCCCNc1nc(N(CCCC)C2CC(C)(C)N(OC3CCCCC3)C(C)(C)C2)nc(N(CCCC)C2CC(C)(C)N(OC3CCCCC3)C(C)(C)C2)n1. The van der Waals surface area contributed by atoms with E-state index >= 15 is 0 Å². The number of hydroxylamine groups is 4. The van der Waals surface area contributed by atoms with E-state index in [1.54, 1.807) is 0 Å². The van der Waals surface area contributed by atoms with Crippen molar-refractivity contribution in [2.45, 2.75) is 251 Å². The third kappa shape index (κ3) is 11.5. The summed E-state index contributed by atoms with van der Waals surface area (Å²) in [5, 5.41) is 8.43. The van der Waals surface area contributed by atoms with E-state index < -0.39 is 0 Å². The average Bonchev–Trinajstić information content (AvgIpc) is 3.12. The minimum Gasteiger partial charge on any atom is -0.354 e. The van der Waals surface area contributed by atoms with E-state index in [-0.39, 0.29) is 34.2 Å². The van der Waals surface area contributed by atoms with E-state index in [1.807, 2.05) is 0 Å². The van der Waals surface area contributed by atoms with Crippen molar-refractivity contribution < 1.29 is 9.68 Å². The number of rotatable bonds is 18. The average molecular weight is 769 g/mol. The van der Waals surface area contributed by atoms with Gasteiger partial charge in [0.2, 0.25) is 17.8 Å². The Labute approximate surface area is 337 Å². The van der Waals surface area contributed by atoms with Crippen LogP contribution < -0.4 is 15.1 Å². The van der Waals surface area contributed by atoms with Gasteiger partial charge in [-0.3, -0.25) is 9.68 Å². The Morgan fingerprint density at radius 3 is 1.25 bits per heavy atom. The summed E-state index contributed by atoms with van der Waals surface area (Å²) in [5.74, 6) is 2.37. The van der Waals surface area contributed by atoms with Crippen LogP contribution in [-0.4, -0.2) is 91.2 Å². The molecule has 5 rings (SSSR count). The molecule has 1 aromatic rings. The van der Waals surface area contributed by atoms with Crippen molar-refractivity contribution in [3.05, 3.63) is 0 Å². The van der Waals surface area contributed by atoms with Crippen LogP contribution in [0.5, 0.6) is 0 Å². The molecular formula is C45H84N8O2. The summed E-state index contributed by atoms with van der Waals surface area (Å²) in [6, 6.07) is 0.562. The molecule has 55 heavy (non-hydrogen) atoms. The van der Waals surface area contributed by atoms with E-state index in [2.05, 4.69) is 101 Å². The zero-order valence-electron chi connectivity index (χ0n) is 37.5. The Balaban J connectivity index is 1.48. The zero-order valence-corrected chi connectivity index (χ0v) is 37.5. The number of nitrogens with zero attached hydrogens (tertiary/aromatic N) is 7. The molecule has 2 aliphatic heterocycles. The van der Waals surface area contributed by atoms with E-state index in [4.69, 9.17) is 24.6 Å². The molecule has 0 radical (unpaired) electrons. The molecule has 0 bridgehead atoms. The topological polar surface area (TPSA) is 82.1 Å². The van der Waals surface area contributed by atoms with Crippen LogP contribution in [0, 0.1) is 0 Å². The molecule has 0 aromatic carbocycles. The summed E-state index contributed by atoms with van der Waals surface area (Å²) in [5.41, 5.74) is -0.538. The minimum absolute atomic E-state index is 0.135. The summed E-state index contributed by atoms with van der Waals surface area (Å²) in [6.07, 6.45) is 23.8. The van der Waals surface area contributed by atoms with Crippen LogP contribution in [-0.2, 0) is 9.68 Å². The van der Waals surface area contributed by atoms with Crippen LogP contribution >= 0.6 is 0 Å². The molecule has 0 spiro atoms. The summed E-state index contributed by atoms with van der Waals surface area (Å²) in [4.78, 5) is 35.1. The highest BCUT2D eigenvalue weighted by Gasteiger charge is 2.51.